The number of hydrogen-bond acceptors (Lipinski definition) is 6. The standard InChI is InChI=1S/C23H32O2.C17H21B2N4.Pd/c1-22(2,3)18-11-7-16(8-12-18)20(24)15-21(25)17-9-13-19(14-10-17)23(4,5)6;1-20(2)18-19(21(3)4)23(17-13-9-6-10-14-17)15-22(18)16-11-7-5-8-12-16;/h7-14,20-21,24-25H,15H2,1-6H3;5-13H,1-4H3;/q;-1;. The topological polar surface area (TPSA) is 53.4 Å². The van der Waals surface area contributed by atoms with Crippen LogP contribution in [0, 0.1) is 6.07 Å². The second-order valence-corrected chi connectivity index (χ2v) is 16.0. The molecular weight excluding hydrogens is 697 g/mol. The molecule has 0 bridgehead atoms. The van der Waals surface area contributed by atoms with Gasteiger partial charge in [-0.3, -0.25) is 0 Å². The first-order valence-corrected chi connectivity index (χ1v) is 17.8. The molecule has 9 heteroatoms. The Morgan fingerprint density at radius 2 is 1.06 bits per heavy atom. The van der Waals surface area contributed by atoms with Crippen molar-refractivity contribution >= 4 is 29.4 Å². The fourth-order valence-corrected chi connectivity index (χ4v) is 6.88. The zero-order chi connectivity index (χ0) is 36.1. The predicted octanol–water partition coefficient (Wildman–Crippen LogP) is 7.06. The van der Waals surface area contributed by atoms with Crippen molar-refractivity contribution in [3.05, 3.63) is 131 Å². The number of nitrogens with zero attached hydrogens (tertiary/aromatic N) is 4. The molecule has 1 aliphatic heterocycles. The number of anilines is 2. The fraction of sp³-hybridized carbons (Fsp3) is 0.375. The Morgan fingerprint density at radius 3 is 1.45 bits per heavy atom. The van der Waals surface area contributed by atoms with Crippen molar-refractivity contribution in [3.63, 3.8) is 0 Å². The molecule has 0 amide bonds. The van der Waals surface area contributed by atoms with E-state index in [1.807, 2.05) is 42.5 Å². The molecule has 0 aliphatic carbocycles. The third-order valence-electron chi connectivity index (χ3n) is 8.98. The third-order valence-corrected chi connectivity index (χ3v) is 9.73. The zero-order valence-electron chi connectivity index (χ0n) is 30.8. The van der Waals surface area contributed by atoms with Crippen LogP contribution < -0.4 is 9.62 Å². The van der Waals surface area contributed by atoms with Crippen LogP contribution in [0.2, 0.25) is 0 Å². The molecule has 0 spiro atoms. The summed E-state index contributed by atoms with van der Waals surface area (Å²) in [6, 6.07) is 38.1. The summed E-state index contributed by atoms with van der Waals surface area (Å²) < 4.78 is 1.06. The molecule has 2 atom stereocenters. The molecule has 262 valence electrons. The van der Waals surface area contributed by atoms with E-state index in [0.29, 0.717) is 6.42 Å². The predicted molar refractivity (Wildman–Crippen MR) is 205 cm³/mol. The van der Waals surface area contributed by atoms with Crippen molar-refractivity contribution in [3.8, 4) is 0 Å². The second-order valence-electron chi connectivity index (χ2n) is 15.3. The van der Waals surface area contributed by atoms with Crippen LogP contribution in [0.1, 0.15) is 82.4 Å². The van der Waals surface area contributed by atoms with E-state index in [1.165, 1.54) is 16.8 Å². The Labute approximate surface area is 306 Å². The van der Waals surface area contributed by atoms with Crippen LogP contribution in [0.25, 0.3) is 0 Å². The van der Waals surface area contributed by atoms with Crippen molar-refractivity contribution in [1.29, 1.82) is 0 Å². The molecule has 2 unspecified atom stereocenters. The Morgan fingerprint density at radius 1 is 0.633 bits per heavy atom. The monoisotopic (exact) mass is 749 g/mol. The van der Waals surface area contributed by atoms with E-state index >= 15 is 0 Å². The quantitative estimate of drug-likeness (QED) is 0.149. The van der Waals surface area contributed by atoms with Gasteiger partial charge in [0.25, 0.3) is 0 Å². The molecule has 1 saturated heterocycles. The van der Waals surface area contributed by atoms with Gasteiger partial charge in [-0.05, 0) is 33.1 Å². The minimum absolute atomic E-state index is 0.0950. The second kappa shape index (κ2) is 16.3. The molecule has 4 aromatic rings. The Balaban J connectivity index is 0.000000221. The molecule has 0 aromatic heterocycles. The molecule has 0 radical (unpaired) electrons. The van der Waals surface area contributed by atoms with Gasteiger partial charge in [0.2, 0.25) is 0 Å². The molecule has 49 heavy (non-hydrogen) atoms. The molecule has 2 N–H and O–H groups in total. The van der Waals surface area contributed by atoms with Gasteiger partial charge in [-0.1, -0.05) is 90.1 Å². The summed E-state index contributed by atoms with van der Waals surface area (Å²) in [6.07, 6.45) is -1.05. The summed E-state index contributed by atoms with van der Waals surface area (Å²) in [6.45, 7) is 13.3. The van der Waals surface area contributed by atoms with Crippen LogP contribution in [0.5, 0.6) is 0 Å². The van der Waals surface area contributed by atoms with E-state index in [2.05, 4.69) is 174 Å². The van der Waals surface area contributed by atoms with Crippen LogP contribution in [0.15, 0.2) is 103 Å². The van der Waals surface area contributed by atoms with Crippen LogP contribution in [-0.2, 0) is 29.6 Å². The molecular formula is C40H53B2N4O2Pd-. The Hall–Kier alpha value is -3.02. The van der Waals surface area contributed by atoms with Crippen LogP contribution in [0.4, 0.5) is 11.4 Å². The van der Waals surface area contributed by atoms with Gasteiger partial charge < -0.3 is 10.2 Å². The molecule has 0 saturated carbocycles. The first kappa shape index (κ1) is 38.8. The summed E-state index contributed by atoms with van der Waals surface area (Å²) in [5.74, 6) is 0. The van der Waals surface area contributed by atoms with Gasteiger partial charge in [0.05, 0.1) is 12.2 Å². The Bertz CT molecular complexity index is 1500. The first-order valence-electron chi connectivity index (χ1n) is 17.0. The van der Waals surface area contributed by atoms with Crippen molar-refractivity contribution in [2.75, 3.05) is 37.8 Å². The maximum atomic E-state index is 10.5. The molecule has 1 aliphatic rings. The van der Waals surface area contributed by atoms with Crippen LogP contribution in [0.3, 0.4) is 0 Å². The minimum atomic E-state index is -0.675. The molecule has 6 nitrogen and oxygen atoms in total. The first-order chi connectivity index (χ1) is 23.0. The van der Waals surface area contributed by atoms with Crippen LogP contribution in [-0.4, -0.2) is 66.0 Å². The van der Waals surface area contributed by atoms with Crippen LogP contribution >= 0.6 is 0 Å². The fourth-order valence-electron chi connectivity index (χ4n) is 6.08. The van der Waals surface area contributed by atoms with Crippen molar-refractivity contribution in [1.82, 2.24) is 9.62 Å². The number of rotatable bonds is 8. The van der Waals surface area contributed by atoms with Crippen molar-refractivity contribution < 1.29 is 29.0 Å². The van der Waals surface area contributed by atoms with Gasteiger partial charge in [0.15, 0.2) is 0 Å². The van der Waals surface area contributed by atoms with E-state index in [1.54, 1.807) is 0 Å². The summed E-state index contributed by atoms with van der Waals surface area (Å²) in [5.41, 5.74) is 6.59. The third kappa shape index (κ3) is 9.61. The molecule has 5 rings (SSSR count). The molecule has 1 heterocycles. The van der Waals surface area contributed by atoms with Gasteiger partial charge in [0.1, 0.15) is 0 Å². The van der Waals surface area contributed by atoms with E-state index in [9.17, 15) is 10.2 Å². The zero-order valence-corrected chi connectivity index (χ0v) is 32.4. The summed E-state index contributed by atoms with van der Waals surface area (Å²) in [4.78, 5) is 9.16. The number of hydrogen-bond donors (Lipinski definition) is 2. The van der Waals surface area contributed by atoms with Crippen molar-refractivity contribution in [2.24, 2.45) is 0 Å². The van der Waals surface area contributed by atoms with Gasteiger partial charge in [-0.25, -0.2) is 0 Å². The number of aliphatic hydroxyl groups excluding tert-OH is 2. The molecule has 1 fully saturated rings. The number of aliphatic hydroxyl groups is 2. The van der Waals surface area contributed by atoms with Gasteiger partial charge in [-0.15, -0.1) is 0 Å². The number of benzene rings is 4. The average molecular weight is 750 g/mol. The van der Waals surface area contributed by atoms with Crippen molar-refractivity contribution in [2.45, 2.75) is 71.0 Å². The summed E-state index contributed by atoms with van der Waals surface area (Å²) in [5, 5.41) is 20.9. The summed E-state index contributed by atoms with van der Waals surface area (Å²) in [7, 11) is 8.49. The van der Waals surface area contributed by atoms with E-state index < -0.39 is 12.2 Å². The summed E-state index contributed by atoms with van der Waals surface area (Å²) >= 11 is 3.52. The maximum absolute atomic E-state index is 10.5. The average Bonchev–Trinajstić information content (AvgIpc) is 3.38. The normalized spacial score (nSPS) is 15.1. The van der Waals surface area contributed by atoms with E-state index in [4.69, 9.17) is 0 Å². The Kier molecular flexibility index (Phi) is 12.9. The SMILES string of the molecule is CC(C)(C)c1ccc(C(O)CC(O)c2ccc(C(C)(C)C)cc2)cc1.CN(C)B1B(N(C)C)N(c2ccccc2)[C](=[Pd])N1c1[c-]cccc1. The van der Waals surface area contributed by atoms with Gasteiger partial charge >= 0.3 is 156 Å². The van der Waals surface area contributed by atoms with E-state index in [0.717, 1.165) is 21.0 Å². The van der Waals surface area contributed by atoms with Gasteiger partial charge in [-0.2, -0.15) is 0 Å². The van der Waals surface area contributed by atoms with Gasteiger partial charge in [0, 0.05) is 6.42 Å². The molecule has 4 aromatic carbocycles. The number of para-hydroxylation sites is 2. The van der Waals surface area contributed by atoms with E-state index in [-0.39, 0.29) is 24.6 Å².